The molecule has 5 nitrogen and oxygen atoms in total. The molecule has 1 aliphatic heterocycles. The Bertz CT molecular complexity index is 515. The van der Waals surface area contributed by atoms with E-state index in [2.05, 4.69) is 14.9 Å². The van der Waals surface area contributed by atoms with Crippen molar-refractivity contribution in [1.29, 1.82) is 0 Å². The summed E-state index contributed by atoms with van der Waals surface area (Å²) in [7, 11) is 2.04. The summed E-state index contributed by atoms with van der Waals surface area (Å²) >= 11 is 0. The van der Waals surface area contributed by atoms with Crippen molar-refractivity contribution in [3.8, 4) is 0 Å². The van der Waals surface area contributed by atoms with E-state index in [1.807, 2.05) is 31.6 Å². The van der Waals surface area contributed by atoms with Crippen LogP contribution in [0.1, 0.15) is 30.5 Å². The van der Waals surface area contributed by atoms with Crippen molar-refractivity contribution >= 4 is 0 Å². The third kappa shape index (κ3) is 2.94. The number of nitrogens with one attached hydrogen (secondary N) is 1. The molecule has 1 atom stereocenters. The molecule has 2 aromatic rings. The van der Waals surface area contributed by atoms with Crippen molar-refractivity contribution in [1.82, 2.24) is 14.9 Å². The molecule has 20 heavy (non-hydrogen) atoms. The highest BCUT2D eigenvalue weighted by Gasteiger charge is 2.27. The average molecular weight is 275 g/mol. The van der Waals surface area contributed by atoms with Gasteiger partial charge in [-0.1, -0.05) is 0 Å². The van der Waals surface area contributed by atoms with Gasteiger partial charge in [-0.2, -0.15) is 0 Å². The van der Waals surface area contributed by atoms with Crippen LogP contribution < -0.4 is 5.32 Å². The Morgan fingerprint density at radius 1 is 1.45 bits per heavy atom. The van der Waals surface area contributed by atoms with Crippen molar-refractivity contribution in [2.24, 2.45) is 13.0 Å². The van der Waals surface area contributed by atoms with Gasteiger partial charge in [0, 0.05) is 32.7 Å². The monoisotopic (exact) mass is 275 g/mol. The molecule has 3 rings (SSSR count). The fourth-order valence-electron chi connectivity index (χ4n) is 2.82. The highest BCUT2D eigenvalue weighted by atomic mass is 16.5. The molecular formula is C15H21N3O2. The molecule has 0 radical (unpaired) electrons. The molecule has 0 unspecified atom stereocenters. The number of hydrogen-bond donors (Lipinski definition) is 1. The van der Waals surface area contributed by atoms with Crippen LogP contribution >= 0.6 is 0 Å². The zero-order chi connectivity index (χ0) is 13.8. The summed E-state index contributed by atoms with van der Waals surface area (Å²) in [5.74, 6) is 2.60. The summed E-state index contributed by atoms with van der Waals surface area (Å²) in [6, 6.07) is 4.15. The molecule has 0 aromatic carbocycles. The first-order valence-corrected chi connectivity index (χ1v) is 7.15. The maximum atomic E-state index is 5.47. The van der Waals surface area contributed by atoms with Gasteiger partial charge in [0.15, 0.2) is 0 Å². The quantitative estimate of drug-likeness (QED) is 0.909. The fourth-order valence-corrected chi connectivity index (χ4v) is 2.82. The summed E-state index contributed by atoms with van der Waals surface area (Å²) in [5, 5.41) is 3.60. The standard InChI is InChI=1S/C15H21N3O2/c1-18-7-6-16-15(18)14(12-4-9-19-10-5-12)17-11-13-3-2-8-20-13/h2-3,6-8,12,14,17H,4-5,9-11H2,1H3/t14-/m1/s1. The lowest BCUT2D eigenvalue weighted by atomic mass is 9.91. The first-order valence-electron chi connectivity index (χ1n) is 7.15. The topological polar surface area (TPSA) is 52.2 Å². The molecule has 5 heteroatoms. The van der Waals surface area contributed by atoms with Gasteiger partial charge in [-0.05, 0) is 30.9 Å². The molecule has 1 N–H and O–H groups in total. The van der Waals surface area contributed by atoms with Crippen LogP contribution in [0.3, 0.4) is 0 Å². The molecule has 1 fully saturated rings. The van der Waals surface area contributed by atoms with Gasteiger partial charge >= 0.3 is 0 Å². The molecule has 2 aromatic heterocycles. The van der Waals surface area contributed by atoms with E-state index in [1.54, 1.807) is 6.26 Å². The van der Waals surface area contributed by atoms with Crippen molar-refractivity contribution in [3.63, 3.8) is 0 Å². The van der Waals surface area contributed by atoms with Gasteiger partial charge in [-0.15, -0.1) is 0 Å². The van der Waals surface area contributed by atoms with Crippen LogP contribution in [0.25, 0.3) is 0 Å². The highest BCUT2D eigenvalue weighted by molar-refractivity contribution is 5.04. The van der Waals surface area contributed by atoms with Gasteiger partial charge in [0.05, 0.1) is 18.8 Å². The van der Waals surface area contributed by atoms with Crippen molar-refractivity contribution in [3.05, 3.63) is 42.4 Å². The molecule has 3 heterocycles. The summed E-state index contributed by atoms with van der Waals surface area (Å²) in [6.07, 6.45) is 7.71. The second-order valence-corrected chi connectivity index (χ2v) is 5.28. The smallest absolute Gasteiger partial charge is 0.125 e. The Labute approximate surface area is 118 Å². The fraction of sp³-hybridized carbons (Fsp3) is 0.533. The first-order chi connectivity index (χ1) is 9.84. The molecule has 0 spiro atoms. The van der Waals surface area contributed by atoms with E-state index in [0.29, 0.717) is 5.92 Å². The summed E-state index contributed by atoms with van der Waals surface area (Å²) in [6.45, 7) is 2.41. The van der Waals surface area contributed by atoms with E-state index in [-0.39, 0.29) is 6.04 Å². The predicted molar refractivity (Wildman–Crippen MR) is 75.0 cm³/mol. The molecule has 0 saturated carbocycles. The van der Waals surface area contributed by atoms with Gasteiger partial charge in [0.1, 0.15) is 11.6 Å². The average Bonchev–Trinajstić information content (AvgIpc) is 3.13. The molecule has 108 valence electrons. The number of furan rings is 1. The SMILES string of the molecule is Cn1ccnc1[C@H](NCc1ccco1)C1CCOCC1. The van der Waals surface area contributed by atoms with Crippen LogP contribution in [0.15, 0.2) is 35.2 Å². The van der Waals surface area contributed by atoms with Gasteiger partial charge < -0.3 is 19.0 Å². The van der Waals surface area contributed by atoms with Crippen LogP contribution in [-0.2, 0) is 18.3 Å². The van der Waals surface area contributed by atoms with Gasteiger partial charge in [-0.3, -0.25) is 0 Å². The lowest BCUT2D eigenvalue weighted by Gasteiger charge is -2.30. The van der Waals surface area contributed by atoms with Crippen LogP contribution in [0.5, 0.6) is 0 Å². The third-order valence-corrected chi connectivity index (χ3v) is 3.95. The van der Waals surface area contributed by atoms with E-state index >= 15 is 0 Å². The van der Waals surface area contributed by atoms with E-state index in [1.165, 1.54) is 0 Å². The molecule has 0 amide bonds. The summed E-state index contributed by atoms with van der Waals surface area (Å²) < 4.78 is 13.0. The number of imidazole rings is 1. The first kappa shape index (κ1) is 13.4. The Kier molecular flexibility index (Phi) is 4.18. The molecule has 1 saturated heterocycles. The van der Waals surface area contributed by atoms with Gasteiger partial charge in [-0.25, -0.2) is 4.98 Å². The van der Waals surface area contributed by atoms with Gasteiger partial charge in [0.25, 0.3) is 0 Å². The number of hydrogen-bond acceptors (Lipinski definition) is 4. The molecule has 0 aliphatic carbocycles. The zero-order valence-corrected chi connectivity index (χ0v) is 11.8. The third-order valence-electron chi connectivity index (χ3n) is 3.95. The summed E-state index contributed by atoms with van der Waals surface area (Å²) in [5.41, 5.74) is 0. The molecule has 0 bridgehead atoms. The zero-order valence-electron chi connectivity index (χ0n) is 11.8. The number of nitrogens with zero attached hydrogens (tertiary/aromatic N) is 2. The second-order valence-electron chi connectivity index (χ2n) is 5.28. The Hall–Kier alpha value is -1.59. The number of ether oxygens (including phenoxy) is 1. The molecular weight excluding hydrogens is 254 g/mol. The largest absolute Gasteiger partial charge is 0.468 e. The van der Waals surface area contributed by atoms with Crippen molar-refractivity contribution < 1.29 is 9.15 Å². The van der Waals surface area contributed by atoms with Crippen LogP contribution in [-0.4, -0.2) is 22.8 Å². The second kappa shape index (κ2) is 6.24. The van der Waals surface area contributed by atoms with E-state index in [0.717, 1.165) is 44.2 Å². The number of aromatic nitrogens is 2. The van der Waals surface area contributed by atoms with E-state index in [9.17, 15) is 0 Å². The highest BCUT2D eigenvalue weighted by Crippen LogP contribution is 2.29. The van der Waals surface area contributed by atoms with E-state index in [4.69, 9.17) is 9.15 Å². The Morgan fingerprint density at radius 3 is 2.95 bits per heavy atom. The van der Waals surface area contributed by atoms with Crippen molar-refractivity contribution in [2.75, 3.05) is 13.2 Å². The minimum absolute atomic E-state index is 0.240. The maximum absolute atomic E-state index is 5.47. The van der Waals surface area contributed by atoms with Crippen molar-refractivity contribution in [2.45, 2.75) is 25.4 Å². The van der Waals surface area contributed by atoms with E-state index < -0.39 is 0 Å². The lowest BCUT2D eigenvalue weighted by Crippen LogP contribution is -2.33. The normalized spacial score (nSPS) is 18.2. The number of aryl methyl sites for hydroxylation is 1. The minimum Gasteiger partial charge on any atom is -0.468 e. The van der Waals surface area contributed by atoms with Crippen LogP contribution in [0, 0.1) is 5.92 Å². The van der Waals surface area contributed by atoms with Crippen LogP contribution in [0.4, 0.5) is 0 Å². The Balaban J connectivity index is 1.74. The van der Waals surface area contributed by atoms with Crippen LogP contribution in [0.2, 0.25) is 0 Å². The van der Waals surface area contributed by atoms with Gasteiger partial charge in [0.2, 0.25) is 0 Å². The summed E-state index contributed by atoms with van der Waals surface area (Å²) in [4.78, 5) is 4.52. The Morgan fingerprint density at radius 2 is 2.30 bits per heavy atom. The predicted octanol–water partition coefficient (Wildman–Crippen LogP) is 2.27. The maximum Gasteiger partial charge on any atom is 0.125 e. The minimum atomic E-state index is 0.240. The number of rotatable bonds is 5. The molecule has 1 aliphatic rings. The lowest BCUT2D eigenvalue weighted by molar-refractivity contribution is 0.0515.